The van der Waals surface area contributed by atoms with Crippen LogP contribution >= 0.6 is 15.9 Å². The van der Waals surface area contributed by atoms with E-state index >= 15 is 0 Å². The average Bonchev–Trinajstić information content (AvgIpc) is 2.90. The Balaban J connectivity index is 1.69. The molecule has 0 spiro atoms. The molecule has 12 heteroatoms. The Hall–Kier alpha value is -2.87. The van der Waals surface area contributed by atoms with Crippen LogP contribution in [0, 0.1) is 0 Å². The molecular weight excluding hydrogens is 578 g/mol. The molecule has 11 nitrogen and oxygen atoms in total. The van der Waals surface area contributed by atoms with Gasteiger partial charge >= 0.3 is 0 Å². The number of ether oxygens (including phenoxy) is 3. The number of ketones is 3. The highest BCUT2D eigenvalue weighted by Crippen LogP contribution is 2.52. The fourth-order valence-electron chi connectivity index (χ4n) is 5.73. The second-order valence-electron chi connectivity index (χ2n) is 10.1. The fourth-order valence-corrected chi connectivity index (χ4v) is 6.25. The molecule has 2 aromatic carbocycles. The number of rotatable bonds is 5. The zero-order chi connectivity index (χ0) is 28.4. The smallest absolute Gasteiger partial charge is 0.202 e. The minimum absolute atomic E-state index is 0.0194. The normalized spacial score (nSPS) is 29.8. The maximum absolute atomic E-state index is 13.7. The van der Waals surface area contributed by atoms with E-state index in [1.165, 1.54) is 25.3 Å². The summed E-state index contributed by atoms with van der Waals surface area (Å²) in [6.07, 6.45) is -4.62. The molecular formula is C27H28BrNO10. The van der Waals surface area contributed by atoms with Gasteiger partial charge < -0.3 is 40.4 Å². The number of aliphatic hydroxyl groups is 2. The Morgan fingerprint density at radius 1 is 1.18 bits per heavy atom. The summed E-state index contributed by atoms with van der Waals surface area (Å²) >= 11 is 3.07. The van der Waals surface area contributed by atoms with Gasteiger partial charge in [-0.25, -0.2) is 0 Å². The molecule has 0 unspecified atom stereocenters. The third kappa shape index (κ3) is 4.26. The number of aromatic hydroxyl groups is 2. The van der Waals surface area contributed by atoms with Gasteiger partial charge in [0.05, 0.1) is 47.4 Å². The number of phenolic OH excluding ortho intramolecular Hbond substituents is 2. The fraction of sp³-hybridized carbons (Fsp3) is 0.444. The van der Waals surface area contributed by atoms with Crippen LogP contribution in [-0.2, 0) is 20.7 Å². The molecule has 6 N–H and O–H groups in total. The monoisotopic (exact) mass is 605 g/mol. The molecule has 2 aliphatic carbocycles. The second kappa shape index (κ2) is 9.95. The number of carbonyl (C=O) groups is 3. The summed E-state index contributed by atoms with van der Waals surface area (Å²) in [7, 11) is 1.34. The largest absolute Gasteiger partial charge is 0.507 e. The lowest BCUT2D eigenvalue weighted by Crippen LogP contribution is -2.52. The van der Waals surface area contributed by atoms with E-state index in [1.807, 2.05) is 0 Å². The zero-order valence-corrected chi connectivity index (χ0v) is 22.7. The molecule has 1 aliphatic heterocycles. The number of Topliss-reactive ketones (excluding diaryl/α,β-unsaturated/α-hetero) is 1. The maximum Gasteiger partial charge on any atom is 0.202 e. The molecule has 39 heavy (non-hydrogen) atoms. The number of nitrogens with two attached hydrogens (primary N) is 1. The topological polar surface area (TPSA) is 186 Å². The van der Waals surface area contributed by atoms with Crippen LogP contribution in [0.3, 0.4) is 0 Å². The molecule has 208 valence electrons. The number of carbonyl (C=O) groups excluding carboxylic acids is 3. The van der Waals surface area contributed by atoms with Crippen LogP contribution in [0.1, 0.15) is 68.8 Å². The first-order valence-corrected chi connectivity index (χ1v) is 13.5. The van der Waals surface area contributed by atoms with Crippen molar-refractivity contribution in [3.8, 4) is 17.2 Å². The predicted molar refractivity (Wildman–Crippen MR) is 138 cm³/mol. The van der Waals surface area contributed by atoms with Gasteiger partial charge in [-0.2, -0.15) is 0 Å². The van der Waals surface area contributed by atoms with E-state index in [1.54, 1.807) is 6.92 Å². The van der Waals surface area contributed by atoms with Crippen LogP contribution in [0.5, 0.6) is 17.2 Å². The van der Waals surface area contributed by atoms with Crippen LogP contribution in [0.4, 0.5) is 0 Å². The van der Waals surface area contributed by atoms with Crippen LogP contribution in [-0.4, -0.2) is 80.4 Å². The Morgan fingerprint density at radius 2 is 1.87 bits per heavy atom. The van der Waals surface area contributed by atoms with E-state index in [2.05, 4.69) is 15.9 Å². The Kier molecular flexibility index (Phi) is 7.06. The van der Waals surface area contributed by atoms with Crippen molar-refractivity contribution in [2.24, 2.45) is 5.73 Å². The Morgan fingerprint density at radius 3 is 2.51 bits per heavy atom. The van der Waals surface area contributed by atoms with E-state index in [0.717, 1.165) is 0 Å². The number of halogens is 1. The Bertz CT molecular complexity index is 1380. The number of methoxy groups -OCH3 is 1. The molecule has 2 aromatic rings. The minimum Gasteiger partial charge on any atom is -0.507 e. The first-order chi connectivity index (χ1) is 18.4. The van der Waals surface area contributed by atoms with Crippen molar-refractivity contribution >= 4 is 33.3 Å². The van der Waals surface area contributed by atoms with Crippen molar-refractivity contribution in [1.29, 1.82) is 0 Å². The molecule has 0 bridgehead atoms. The van der Waals surface area contributed by atoms with Crippen molar-refractivity contribution in [2.45, 2.75) is 62.4 Å². The summed E-state index contributed by atoms with van der Waals surface area (Å²) in [5, 5.41) is 44.2. The van der Waals surface area contributed by atoms with E-state index in [9.17, 15) is 34.8 Å². The van der Waals surface area contributed by atoms with Crippen LogP contribution in [0.25, 0.3) is 0 Å². The second-order valence-corrected chi connectivity index (χ2v) is 10.7. The number of hydrogen-bond acceptors (Lipinski definition) is 11. The molecule has 0 saturated carbocycles. The number of fused-ring (bicyclic) bond motifs is 3. The van der Waals surface area contributed by atoms with Gasteiger partial charge in [0.1, 0.15) is 22.8 Å². The number of phenols is 2. The minimum atomic E-state index is -2.04. The van der Waals surface area contributed by atoms with Gasteiger partial charge in [-0.05, 0) is 13.0 Å². The number of benzene rings is 2. The highest BCUT2D eigenvalue weighted by atomic mass is 79.9. The maximum atomic E-state index is 13.7. The van der Waals surface area contributed by atoms with Crippen molar-refractivity contribution in [1.82, 2.24) is 0 Å². The summed E-state index contributed by atoms with van der Waals surface area (Å²) in [4.78, 5) is 40.0. The van der Waals surface area contributed by atoms with Crippen LogP contribution in [0.15, 0.2) is 18.2 Å². The lowest BCUT2D eigenvalue weighted by molar-refractivity contribution is -0.247. The van der Waals surface area contributed by atoms with Gasteiger partial charge in [-0.3, -0.25) is 14.4 Å². The third-order valence-corrected chi connectivity index (χ3v) is 8.29. The summed E-state index contributed by atoms with van der Waals surface area (Å²) in [6, 6.07) is 3.74. The van der Waals surface area contributed by atoms with E-state index in [0.29, 0.717) is 0 Å². The summed E-state index contributed by atoms with van der Waals surface area (Å²) in [5.41, 5.74) is 2.91. The first-order valence-electron chi connectivity index (χ1n) is 12.4. The molecule has 3 aliphatic rings. The van der Waals surface area contributed by atoms with Gasteiger partial charge in [0, 0.05) is 42.0 Å². The zero-order valence-electron chi connectivity index (χ0n) is 21.1. The van der Waals surface area contributed by atoms with Crippen molar-refractivity contribution in [2.75, 3.05) is 12.4 Å². The molecule has 5 rings (SSSR count). The van der Waals surface area contributed by atoms with E-state index < -0.39 is 82.6 Å². The molecule has 0 amide bonds. The van der Waals surface area contributed by atoms with Crippen molar-refractivity contribution < 1.29 is 49.0 Å². The van der Waals surface area contributed by atoms with Gasteiger partial charge in [0.2, 0.25) is 5.78 Å². The Labute approximate surface area is 231 Å². The quantitative estimate of drug-likeness (QED) is 0.209. The molecule has 1 heterocycles. The van der Waals surface area contributed by atoms with E-state index in [-0.39, 0.29) is 46.2 Å². The van der Waals surface area contributed by atoms with Gasteiger partial charge in [-0.1, -0.05) is 28.1 Å². The molecule has 0 aromatic heterocycles. The third-order valence-electron chi connectivity index (χ3n) is 7.78. The SMILES string of the molecule is COc1cccc2c1C(=O)c1c(O)c3c(c(O)c1C2=O)C[C@@](O)(C(=O)CBr)C[C@@H]3O[C@H]1C[C@@H](N)[C@H](O)[C@H](C)O1. The first kappa shape index (κ1) is 27.7. The lowest BCUT2D eigenvalue weighted by atomic mass is 9.72. The number of alkyl halides is 1. The van der Waals surface area contributed by atoms with Gasteiger partial charge in [0.25, 0.3) is 0 Å². The molecule has 1 fully saturated rings. The highest BCUT2D eigenvalue weighted by molar-refractivity contribution is 9.09. The number of hydrogen-bond donors (Lipinski definition) is 5. The van der Waals surface area contributed by atoms with E-state index in [4.69, 9.17) is 19.9 Å². The highest BCUT2D eigenvalue weighted by Gasteiger charge is 2.50. The van der Waals surface area contributed by atoms with Crippen LogP contribution < -0.4 is 10.5 Å². The van der Waals surface area contributed by atoms with Gasteiger partial charge in [-0.15, -0.1) is 0 Å². The lowest BCUT2D eigenvalue weighted by Gasteiger charge is -2.42. The van der Waals surface area contributed by atoms with Crippen molar-refractivity contribution in [3.63, 3.8) is 0 Å². The summed E-state index contributed by atoms with van der Waals surface area (Å²) < 4.78 is 17.1. The predicted octanol–water partition coefficient (Wildman–Crippen LogP) is 1.40. The molecule has 6 atom stereocenters. The number of aliphatic hydroxyl groups excluding tert-OH is 1. The summed E-state index contributed by atoms with van der Waals surface area (Å²) in [5.74, 6) is -3.20. The van der Waals surface area contributed by atoms with Crippen LogP contribution in [0.2, 0.25) is 0 Å². The average molecular weight is 606 g/mol. The molecule has 0 radical (unpaired) electrons. The van der Waals surface area contributed by atoms with Crippen molar-refractivity contribution in [3.05, 3.63) is 51.6 Å². The van der Waals surface area contributed by atoms with Gasteiger partial charge in [0.15, 0.2) is 17.9 Å². The summed E-state index contributed by atoms with van der Waals surface area (Å²) in [6.45, 7) is 1.61. The standard InChI is InChI=1S/C27H28BrNO10/c1-10-22(31)13(29)6-17(38-10)39-15-8-27(36,16(30)9-28)7-12-19(15)26(35)21-20(24(12)33)23(32)11-4-3-5-14(37-2)18(11)25(21)34/h3-5,10,13,15,17,22,31,33,35-36H,6-9,29H2,1-2H3/t10-,13+,15-,17-,22+,27-/m0/s1. The molecule has 1 saturated heterocycles.